The number of amides is 2. The van der Waals surface area contributed by atoms with Crippen LogP contribution in [0.15, 0.2) is 18.2 Å². The van der Waals surface area contributed by atoms with Crippen LogP contribution in [0.3, 0.4) is 0 Å². The third-order valence-corrected chi connectivity index (χ3v) is 3.35. The monoisotopic (exact) mass is 333 g/mol. The summed E-state index contributed by atoms with van der Waals surface area (Å²) in [6.07, 6.45) is -4.79. The van der Waals surface area contributed by atoms with Crippen molar-refractivity contribution >= 4 is 11.8 Å². The van der Waals surface area contributed by atoms with E-state index in [9.17, 15) is 27.2 Å². The molecule has 2 rings (SSSR count). The molecule has 1 aliphatic rings. The number of hydrogen-bond acceptors (Lipinski definition) is 3. The number of halogens is 4. The number of benzene rings is 1. The van der Waals surface area contributed by atoms with Crippen molar-refractivity contribution in [1.82, 2.24) is 15.5 Å². The molecule has 2 N–H and O–H groups in total. The van der Waals surface area contributed by atoms with Crippen LogP contribution in [-0.2, 0) is 22.3 Å². The maximum atomic E-state index is 13.2. The molecule has 126 valence electrons. The van der Waals surface area contributed by atoms with Gasteiger partial charge in [0.15, 0.2) is 0 Å². The number of rotatable bonds is 4. The van der Waals surface area contributed by atoms with Crippen LogP contribution in [-0.4, -0.2) is 42.9 Å². The highest BCUT2D eigenvalue weighted by atomic mass is 19.4. The topological polar surface area (TPSA) is 61.4 Å². The largest absolute Gasteiger partial charge is 0.419 e. The van der Waals surface area contributed by atoms with Crippen molar-refractivity contribution in [2.45, 2.75) is 12.7 Å². The van der Waals surface area contributed by atoms with E-state index in [0.29, 0.717) is 25.2 Å². The lowest BCUT2D eigenvalue weighted by atomic mass is 10.1. The van der Waals surface area contributed by atoms with Gasteiger partial charge in [-0.05, 0) is 17.7 Å². The van der Waals surface area contributed by atoms with Crippen LogP contribution in [0.25, 0.3) is 0 Å². The minimum absolute atomic E-state index is 0.124. The van der Waals surface area contributed by atoms with Crippen molar-refractivity contribution < 1.29 is 27.2 Å². The molecule has 5 nitrogen and oxygen atoms in total. The maximum absolute atomic E-state index is 13.2. The first-order valence-corrected chi connectivity index (χ1v) is 6.88. The molecular weight excluding hydrogens is 318 g/mol. The average molecular weight is 333 g/mol. The lowest BCUT2D eigenvalue weighted by Crippen LogP contribution is -2.51. The fraction of sp³-hybridized carbons (Fsp3) is 0.429. The van der Waals surface area contributed by atoms with Gasteiger partial charge in [-0.1, -0.05) is 6.07 Å². The Morgan fingerprint density at radius 2 is 2.09 bits per heavy atom. The predicted octanol–water partition coefficient (Wildman–Crippen LogP) is 0.893. The number of alkyl halides is 3. The van der Waals surface area contributed by atoms with Gasteiger partial charge in [-0.2, -0.15) is 13.2 Å². The van der Waals surface area contributed by atoms with Gasteiger partial charge in [-0.25, -0.2) is 4.39 Å². The summed E-state index contributed by atoms with van der Waals surface area (Å²) in [5, 5.41) is 5.28. The summed E-state index contributed by atoms with van der Waals surface area (Å²) >= 11 is 0. The first-order chi connectivity index (χ1) is 10.8. The maximum Gasteiger partial charge on any atom is 0.419 e. The predicted molar refractivity (Wildman–Crippen MR) is 72.7 cm³/mol. The fourth-order valence-electron chi connectivity index (χ4n) is 2.14. The zero-order valence-electron chi connectivity index (χ0n) is 12.0. The summed E-state index contributed by atoms with van der Waals surface area (Å²) < 4.78 is 51.0. The summed E-state index contributed by atoms with van der Waals surface area (Å²) in [4.78, 5) is 24.6. The van der Waals surface area contributed by atoms with E-state index < -0.39 is 23.5 Å². The lowest BCUT2D eigenvalue weighted by Gasteiger charge is -2.26. The summed E-state index contributed by atoms with van der Waals surface area (Å²) in [7, 11) is 0. The van der Waals surface area contributed by atoms with Crippen molar-refractivity contribution in [2.75, 3.05) is 26.2 Å². The van der Waals surface area contributed by atoms with E-state index in [-0.39, 0.29) is 31.1 Å². The van der Waals surface area contributed by atoms with Crippen LogP contribution in [0.1, 0.15) is 11.1 Å². The summed E-state index contributed by atoms with van der Waals surface area (Å²) in [6, 6.07) is 2.54. The van der Waals surface area contributed by atoms with E-state index >= 15 is 0 Å². The molecule has 1 aromatic rings. The Morgan fingerprint density at radius 1 is 1.35 bits per heavy atom. The molecule has 0 spiro atoms. The first-order valence-electron chi connectivity index (χ1n) is 6.88. The van der Waals surface area contributed by atoms with Crippen molar-refractivity contribution in [3.8, 4) is 0 Å². The van der Waals surface area contributed by atoms with Gasteiger partial charge in [0.2, 0.25) is 11.8 Å². The minimum atomic E-state index is -4.79. The van der Waals surface area contributed by atoms with Gasteiger partial charge < -0.3 is 15.5 Å². The molecule has 23 heavy (non-hydrogen) atoms. The van der Waals surface area contributed by atoms with E-state index in [1.165, 1.54) is 11.0 Å². The Labute approximate surface area is 129 Å². The molecule has 0 aliphatic carbocycles. The van der Waals surface area contributed by atoms with Gasteiger partial charge in [0.1, 0.15) is 5.82 Å². The number of piperazine rings is 1. The Morgan fingerprint density at radius 3 is 2.74 bits per heavy atom. The van der Waals surface area contributed by atoms with E-state index in [1.54, 1.807) is 0 Å². The number of hydrogen-bond donors (Lipinski definition) is 2. The van der Waals surface area contributed by atoms with E-state index in [1.807, 2.05) is 0 Å². The highest BCUT2D eigenvalue weighted by Gasteiger charge is 2.34. The molecule has 1 aromatic carbocycles. The van der Waals surface area contributed by atoms with Crippen LogP contribution in [0.4, 0.5) is 17.6 Å². The lowest BCUT2D eigenvalue weighted by molar-refractivity contribution is -0.140. The smallest absolute Gasteiger partial charge is 0.350 e. The minimum Gasteiger partial charge on any atom is -0.350 e. The molecule has 1 heterocycles. The van der Waals surface area contributed by atoms with Gasteiger partial charge in [0.05, 0.1) is 18.7 Å². The van der Waals surface area contributed by atoms with Crippen LogP contribution in [0.2, 0.25) is 0 Å². The molecule has 1 aliphatic heterocycles. The van der Waals surface area contributed by atoms with Crippen molar-refractivity contribution in [2.24, 2.45) is 0 Å². The Balaban J connectivity index is 1.93. The summed E-state index contributed by atoms with van der Waals surface area (Å²) in [6.45, 7) is 0.781. The highest BCUT2D eigenvalue weighted by molar-refractivity contribution is 5.86. The molecule has 0 saturated carbocycles. The van der Waals surface area contributed by atoms with Crippen LogP contribution in [0.5, 0.6) is 0 Å². The van der Waals surface area contributed by atoms with Gasteiger partial charge in [-0.15, -0.1) is 0 Å². The Bertz CT molecular complexity index is 604. The zero-order chi connectivity index (χ0) is 17.0. The quantitative estimate of drug-likeness (QED) is 0.805. The molecule has 1 fully saturated rings. The highest BCUT2D eigenvalue weighted by Crippen LogP contribution is 2.31. The first kappa shape index (κ1) is 17.2. The molecule has 1 saturated heterocycles. The zero-order valence-corrected chi connectivity index (χ0v) is 12.0. The van der Waals surface area contributed by atoms with E-state index in [0.717, 1.165) is 0 Å². The van der Waals surface area contributed by atoms with Crippen LogP contribution in [0, 0.1) is 5.82 Å². The second-order valence-electron chi connectivity index (χ2n) is 5.08. The number of carbonyl (C=O) groups is 2. The number of nitrogens with one attached hydrogen (secondary N) is 2. The standard InChI is InChI=1S/C14H15F4N3O2/c15-11-2-1-9(5-10(11)14(16,17)18)6-20-12(22)8-21-4-3-19-7-13(21)23/h1-2,5,19H,3-4,6-8H2,(H,20,22). The van der Waals surface area contributed by atoms with Crippen LogP contribution < -0.4 is 10.6 Å². The molecule has 0 unspecified atom stereocenters. The second kappa shape index (κ2) is 6.95. The molecule has 0 bridgehead atoms. The van der Waals surface area contributed by atoms with E-state index in [4.69, 9.17) is 0 Å². The van der Waals surface area contributed by atoms with Gasteiger partial charge in [-0.3, -0.25) is 9.59 Å². The third-order valence-electron chi connectivity index (χ3n) is 3.35. The van der Waals surface area contributed by atoms with Crippen molar-refractivity contribution in [1.29, 1.82) is 0 Å². The number of carbonyl (C=O) groups excluding carboxylic acids is 2. The van der Waals surface area contributed by atoms with Crippen molar-refractivity contribution in [3.63, 3.8) is 0 Å². The third kappa shape index (κ3) is 4.65. The fourth-order valence-corrected chi connectivity index (χ4v) is 2.14. The summed E-state index contributed by atoms with van der Waals surface area (Å²) in [5.74, 6) is -2.07. The van der Waals surface area contributed by atoms with Crippen molar-refractivity contribution in [3.05, 3.63) is 35.1 Å². The van der Waals surface area contributed by atoms with Gasteiger partial charge in [0.25, 0.3) is 0 Å². The SMILES string of the molecule is O=C(CN1CCNCC1=O)NCc1ccc(F)c(C(F)(F)F)c1. The molecule has 0 atom stereocenters. The molecule has 2 amide bonds. The van der Waals surface area contributed by atoms with E-state index in [2.05, 4.69) is 10.6 Å². The normalized spacial score (nSPS) is 15.7. The van der Waals surface area contributed by atoms with Crippen LogP contribution >= 0.6 is 0 Å². The van der Waals surface area contributed by atoms with Gasteiger partial charge in [0, 0.05) is 19.6 Å². The number of nitrogens with zero attached hydrogens (tertiary/aromatic N) is 1. The molecule has 0 radical (unpaired) electrons. The molecule has 0 aromatic heterocycles. The second-order valence-corrected chi connectivity index (χ2v) is 5.08. The average Bonchev–Trinajstić information content (AvgIpc) is 2.47. The van der Waals surface area contributed by atoms with Gasteiger partial charge >= 0.3 is 6.18 Å². The molecule has 9 heteroatoms. The molecular formula is C14H15F4N3O2. The Hall–Kier alpha value is -2.16. The summed E-state index contributed by atoms with van der Waals surface area (Å²) in [5.41, 5.74) is -1.25. The Kier molecular flexibility index (Phi) is 5.19.